The molecule has 8 nitrogen and oxygen atoms in total. The van der Waals surface area contributed by atoms with E-state index in [0.717, 1.165) is 11.6 Å². The largest absolute Gasteiger partial charge is 0.317 e. The number of benzene rings is 1. The van der Waals surface area contributed by atoms with E-state index in [-0.39, 0.29) is 23.3 Å². The van der Waals surface area contributed by atoms with Gasteiger partial charge in [-0.15, -0.1) is 4.28 Å². The molecule has 1 heterocycles. The molecule has 26 heavy (non-hydrogen) atoms. The maximum Gasteiger partial charge on any atom is 0.317 e. The van der Waals surface area contributed by atoms with Gasteiger partial charge in [0, 0.05) is 12.0 Å². The van der Waals surface area contributed by atoms with Crippen molar-refractivity contribution in [3.63, 3.8) is 0 Å². The molecule has 1 fully saturated rings. The summed E-state index contributed by atoms with van der Waals surface area (Å²) in [6.45, 7) is 8.64. The molecule has 0 saturated carbocycles. The number of carbonyl (C=O) groups excluding carboxylic acids is 3. The van der Waals surface area contributed by atoms with E-state index in [1.54, 1.807) is 19.1 Å². The Morgan fingerprint density at radius 1 is 1.31 bits per heavy atom. The van der Waals surface area contributed by atoms with Crippen molar-refractivity contribution in [3.05, 3.63) is 54.6 Å². The van der Waals surface area contributed by atoms with E-state index < -0.39 is 33.9 Å². The highest BCUT2D eigenvalue weighted by atomic mass is 32.2. The number of rotatable bonds is 6. The lowest BCUT2D eigenvalue weighted by molar-refractivity contribution is -0.169. The van der Waals surface area contributed by atoms with Gasteiger partial charge in [-0.05, 0) is 25.5 Å². The molecule has 1 unspecified atom stereocenters. The third-order valence-electron chi connectivity index (χ3n) is 3.70. The van der Waals surface area contributed by atoms with Gasteiger partial charge in [-0.1, -0.05) is 36.9 Å². The second-order valence-electron chi connectivity index (χ2n) is 5.67. The Balaban J connectivity index is 2.37. The number of hydrogen-bond acceptors (Lipinski definition) is 6. The monoisotopic (exact) mass is 378 g/mol. The highest BCUT2D eigenvalue weighted by Gasteiger charge is 2.39. The van der Waals surface area contributed by atoms with E-state index in [1.165, 1.54) is 12.1 Å². The van der Waals surface area contributed by atoms with Gasteiger partial charge in [-0.25, -0.2) is 0 Å². The Morgan fingerprint density at radius 2 is 1.92 bits per heavy atom. The van der Waals surface area contributed by atoms with Crippen molar-refractivity contribution in [2.45, 2.75) is 30.7 Å². The van der Waals surface area contributed by atoms with Crippen molar-refractivity contribution in [1.29, 1.82) is 0 Å². The molecule has 138 valence electrons. The number of piperidine rings is 1. The number of nitrogens with zero attached hydrogens (tertiary/aromatic N) is 1. The summed E-state index contributed by atoms with van der Waals surface area (Å²) in [6.07, 6.45) is 0.974. The Morgan fingerprint density at radius 3 is 2.46 bits per heavy atom. The molecule has 2 rings (SSSR count). The van der Waals surface area contributed by atoms with Crippen LogP contribution in [-0.2, 0) is 28.8 Å². The van der Waals surface area contributed by atoms with Crippen LogP contribution in [-0.4, -0.2) is 37.2 Å². The summed E-state index contributed by atoms with van der Waals surface area (Å²) in [5.41, 5.74) is 0.677. The summed E-state index contributed by atoms with van der Waals surface area (Å²) in [5.74, 6) is -2.28. The second-order valence-corrected chi connectivity index (χ2v) is 7.20. The fourth-order valence-electron chi connectivity index (χ4n) is 2.22. The van der Waals surface area contributed by atoms with Crippen LogP contribution in [0.4, 0.5) is 0 Å². The van der Waals surface area contributed by atoms with Crippen LogP contribution in [0, 0.1) is 6.92 Å². The third-order valence-corrected chi connectivity index (χ3v) is 4.91. The van der Waals surface area contributed by atoms with Gasteiger partial charge in [-0.2, -0.15) is 13.5 Å². The van der Waals surface area contributed by atoms with Crippen LogP contribution in [0.2, 0.25) is 0 Å². The molecule has 1 aromatic carbocycles. The highest BCUT2D eigenvalue weighted by Crippen LogP contribution is 2.21. The lowest BCUT2D eigenvalue weighted by Gasteiger charge is -2.30. The maximum absolute atomic E-state index is 12.5. The quantitative estimate of drug-likeness (QED) is 0.342. The Kier molecular flexibility index (Phi) is 5.73. The minimum atomic E-state index is -4.38. The zero-order chi connectivity index (χ0) is 19.5. The molecule has 0 aliphatic carbocycles. The van der Waals surface area contributed by atoms with Crippen LogP contribution in [0.1, 0.15) is 18.4 Å². The third kappa shape index (κ3) is 4.24. The highest BCUT2D eigenvalue weighted by molar-refractivity contribution is 7.86. The number of aryl methyl sites for hydroxylation is 1. The average Bonchev–Trinajstić information content (AvgIpc) is 2.59. The van der Waals surface area contributed by atoms with Crippen molar-refractivity contribution in [2.24, 2.45) is 0 Å². The van der Waals surface area contributed by atoms with Crippen LogP contribution in [0.5, 0.6) is 0 Å². The minimum Gasteiger partial charge on any atom is -0.295 e. The van der Waals surface area contributed by atoms with Crippen molar-refractivity contribution in [2.75, 3.05) is 0 Å². The van der Waals surface area contributed by atoms with Crippen molar-refractivity contribution in [1.82, 2.24) is 10.4 Å². The summed E-state index contributed by atoms with van der Waals surface area (Å²) in [6, 6.07) is 4.48. The number of nitrogens with one attached hydrogen (secondary N) is 1. The number of hydroxylamine groups is 2. The zero-order valence-corrected chi connectivity index (χ0v) is 14.9. The van der Waals surface area contributed by atoms with Crippen LogP contribution in [0.3, 0.4) is 0 Å². The van der Waals surface area contributed by atoms with Crippen molar-refractivity contribution >= 4 is 27.8 Å². The van der Waals surface area contributed by atoms with Crippen molar-refractivity contribution in [3.8, 4) is 0 Å². The molecule has 1 N–H and O–H groups in total. The smallest absolute Gasteiger partial charge is 0.295 e. The standard InChI is InChI=1S/C17H18N2O6S/c1-4-12(3)17(22)19(14-9-10-15(20)18-16(14)21)25-26(23,24)13-7-5-11(2)6-8-13/h4-8,14H,1,3,9-10H2,2H3,(H,18,20,21). The number of carbonyl (C=O) groups is 3. The van der Waals surface area contributed by atoms with E-state index in [1.807, 2.05) is 0 Å². The van der Waals surface area contributed by atoms with Gasteiger partial charge in [0.1, 0.15) is 6.04 Å². The Hall–Kier alpha value is -2.78. The van der Waals surface area contributed by atoms with E-state index in [4.69, 9.17) is 4.28 Å². The number of amides is 3. The maximum atomic E-state index is 12.5. The van der Waals surface area contributed by atoms with Crippen LogP contribution in [0.15, 0.2) is 54.0 Å². The Labute approximate surface area is 151 Å². The van der Waals surface area contributed by atoms with Crippen LogP contribution >= 0.6 is 0 Å². The van der Waals surface area contributed by atoms with E-state index >= 15 is 0 Å². The molecule has 1 aliphatic rings. The first-order valence-electron chi connectivity index (χ1n) is 7.65. The second kappa shape index (κ2) is 7.63. The van der Waals surface area contributed by atoms with Gasteiger partial charge in [0.2, 0.25) is 5.91 Å². The topological polar surface area (TPSA) is 110 Å². The SMILES string of the molecule is C=CC(=C)C(=O)N(OS(=O)(=O)c1ccc(C)cc1)C1CCC(=O)NC1=O. The molecule has 1 saturated heterocycles. The molecule has 1 aromatic rings. The molecular weight excluding hydrogens is 360 g/mol. The molecule has 3 amide bonds. The van der Waals surface area contributed by atoms with E-state index in [9.17, 15) is 22.8 Å². The lowest BCUT2D eigenvalue weighted by Crippen LogP contribution is -2.54. The molecule has 0 radical (unpaired) electrons. The fourth-order valence-corrected chi connectivity index (χ4v) is 3.15. The molecule has 0 bridgehead atoms. The number of imide groups is 1. The summed E-state index contributed by atoms with van der Waals surface area (Å²) in [5, 5.41) is 2.48. The first kappa shape index (κ1) is 19.5. The summed E-state index contributed by atoms with van der Waals surface area (Å²) in [4.78, 5) is 35.7. The van der Waals surface area contributed by atoms with Gasteiger partial charge >= 0.3 is 10.1 Å². The first-order chi connectivity index (χ1) is 12.2. The molecule has 0 spiro atoms. The average molecular weight is 378 g/mol. The lowest BCUT2D eigenvalue weighted by atomic mass is 10.1. The normalized spacial score (nSPS) is 17.3. The predicted octanol–water partition coefficient (Wildman–Crippen LogP) is 0.991. The molecule has 1 atom stereocenters. The summed E-state index contributed by atoms with van der Waals surface area (Å²) >= 11 is 0. The Bertz CT molecular complexity index is 873. The fraction of sp³-hybridized carbons (Fsp3) is 0.235. The van der Waals surface area contributed by atoms with Crippen LogP contribution < -0.4 is 5.32 Å². The van der Waals surface area contributed by atoms with E-state index in [2.05, 4.69) is 18.5 Å². The molecule has 1 aliphatic heterocycles. The van der Waals surface area contributed by atoms with Gasteiger partial charge in [0.15, 0.2) is 0 Å². The first-order valence-corrected chi connectivity index (χ1v) is 9.06. The predicted molar refractivity (Wildman–Crippen MR) is 91.8 cm³/mol. The van der Waals surface area contributed by atoms with Gasteiger partial charge in [0.05, 0.1) is 4.90 Å². The van der Waals surface area contributed by atoms with Gasteiger partial charge < -0.3 is 0 Å². The minimum absolute atomic E-state index is 0.0608. The summed E-state index contributed by atoms with van der Waals surface area (Å²) < 4.78 is 30.0. The summed E-state index contributed by atoms with van der Waals surface area (Å²) in [7, 11) is -4.38. The van der Waals surface area contributed by atoms with E-state index in [0.29, 0.717) is 5.06 Å². The van der Waals surface area contributed by atoms with Gasteiger partial charge in [-0.3, -0.25) is 19.7 Å². The molecular formula is C17H18N2O6S. The molecule has 9 heteroatoms. The molecule has 0 aromatic heterocycles. The number of hydrogen-bond donors (Lipinski definition) is 1. The van der Waals surface area contributed by atoms with Crippen molar-refractivity contribution < 1.29 is 27.1 Å². The zero-order valence-electron chi connectivity index (χ0n) is 14.1. The van der Waals surface area contributed by atoms with Gasteiger partial charge in [0.25, 0.3) is 11.8 Å². The van der Waals surface area contributed by atoms with Crippen LogP contribution in [0.25, 0.3) is 0 Å².